The topological polar surface area (TPSA) is 72.2 Å². The maximum absolute atomic E-state index is 13.7. The van der Waals surface area contributed by atoms with Crippen LogP contribution in [-0.4, -0.2) is 38.3 Å². The van der Waals surface area contributed by atoms with Crippen molar-refractivity contribution < 1.29 is 31.1 Å². The van der Waals surface area contributed by atoms with Gasteiger partial charge in [-0.1, -0.05) is 36.1 Å². The van der Waals surface area contributed by atoms with Gasteiger partial charge in [0.2, 0.25) is 0 Å². The second kappa shape index (κ2) is 13.3. The molecule has 240 valence electrons. The van der Waals surface area contributed by atoms with Crippen LogP contribution in [0.25, 0.3) is 0 Å². The molecule has 0 bridgehead atoms. The normalized spacial score (nSPS) is 14.1. The number of anilines is 2. The van der Waals surface area contributed by atoms with E-state index in [0.717, 1.165) is 32.2 Å². The Morgan fingerprint density at radius 1 is 0.867 bits per heavy atom. The van der Waals surface area contributed by atoms with Gasteiger partial charge in [0.25, 0.3) is 5.95 Å². The number of ether oxygens (including phenoxy) is 1. The average Bonchev–Trinajstić information content (AvgIpc) is 3.67. The van der Waals surface area contributed by atoms with Gasteiger partial charge in [0.1, 0.15) is 17.3 Å². The summed E-state index contributed by atoms with van der Waals surface area (Å²) in [5.41, 5.74) is -2.37. The van der Waals surface area contributed by atoms with Crippen molar-refractivity contribution >= 4 is 11.8 Å². The predicted octanol–water partition coefficient (Wildman–Crippen LogP) is 7.66. The molecule has 2 aromatic carbocycles. The Bertz CT molecular complexity index is 1540. The molecule has 0 amide bonds. The van der Waals surface area contributed by atoms with Gasteiger partial charge in [0.05, 0.1) is 30.9 Å². The molecule has 1 aliphatic rings. The van der Waals surface area contributed by atoms with Gasteiger partial charge < -0.3 is 14.5 Å². The van der Waals surface area contributed by atoms with Gasteiger partial charge >= 0.3 is 12.4 Å². The van der Waals surface area contributed by atoms with Crippen molar-refractivity contribution in [3.05, 3.63) is 83.0 Å². The minimum atomic E-state index is -4.98. The fourth-order valence-corrected chi connectivity index (χ4v) is 5.57. The van der Waals surface area contributed by atoms with Crippen LogP contribution < -0.4 is 14.5 Å². The van der Waals surface area contributed by atoms with Crippen LogP contribution in [0.5, 0.6) is 11.5 Å². The van der Waals surface area contributed by atoms with Crippen molar-refractivity contribution in [3.63, 3.8) is 0 Å². The van der Waals surface area contributed by atoms with Gasteiger partial charge in [-0.2, -0.15) is 31.1 Å². The first kappa shape index (κ1) is 32.0. The van der Waals surface area contributed by atoms with Crippen molar-refractivity contribution in [1.29, 1.82) is 0 Å². The van der Waals surface area contributed by atoms with Crippen LogP contribution >= 0.6 is 0 Å². The third-order valence-electron chi connectivity index (χ3n) is 7.69. The number of hydrogen-bond donors (Lipinski definition) is 0. The van der Waals surface area contributed by atoms with E-state index in [-0.39, 0.29) is 30.7 Å². The van der Waals surface area contributed by atoms with Crippen molar-refractivity contribution in [2.45, 2.75) is 58.0 Å². The average molecular weight is 634 g/mol. The largest absolute Gasteiger partial charge is 0.456 e. The molecule has 0 radical (unpaired) electrons. The molecule has 2 aromatic heterocycles. The molecule has 4 aromatic rings. The molecule has 0 spiro atoms. The first-order chi connectivity index (χ1) is 21.4. The Morgan fingerprint density at radius 3 is 2.11 bits per heavy atom. The maximum atomic E-state index is 13.7. The van der Waals surface area contributed by atoms with Crippen LogP contribution in [-0.2, 0) is 32.5 Å². The van der Waals surface area contributed by atoms with Crippen LogP contribution in [0, 0.1) is 5.92 Å². The lowest BCUT2D eigenvalue weighted by Gasteiger charge is -2.29. The summed E-state index contributed by atoms with van der Waals surface area (Å²) in [6.45, 7) is 3.05. The molecule has 0 atom stereocenters. The minimum absolute atomic E-state index is 0.00121. The van der Waals surface area contributed by atoms with Crippen molar-refractivity contribution in [2.24, 2.45) is 13.0 Å². The highest BCUT2D eigenvalue weighted by atomic mass is 19.4. The summed E-state index contributed by atoms with van der Waals surface area (Å²) < 4.78 is 88.1. The SMILES string of the molecule is CCN(CC1CCCC1)c1ncc(Oc2ccccc2)cc1CN(Cc1cc(C(F)(F)F)cc(C(F)(F)F)c1)c1nnn(C)n1. The summed E-state index contributed by atoms with van der Waals surface area (Å²) in [5.74, 6) is 2.15. The van der Waals surface area contributed by atoms with Gasteiger partial charge in [0, 0.05) is 25.2 Å². The number of para-hydroxylation sites is 1. The standard InChI is InChI=1S/C31H33F6N7O/c1-3-43(18-21-9-7-8-10-21)28-23(15-27(17-38-28)45-26-11-5-4-6-12-26)20-44(29-39-41-42(2)40-29)19-22-13-24(30(32,33)34)16-25(14-22)31(35,36)37/h4-6,11-17,21H,3,7-10,18-20H2,1-2H3. The molecule has 5 rings (SSSR count). The van der Waals surface area contributed by atoms with Gasteiger partial charge in [0.15, 0.2) is 0 Å². The molecule has 0 unspecified atom stereocenters. The number of pyridine rings is 1. The molecule has 0 N–H and O–H groups in total. The van der Waals surface area contributed by atoms with Crippen LogP contribution in [0.15, 0.2) is 60.8 Å². The van der Waals surface area contributed by atoms with Crippen LogP contribution in [0.1, 0.15) is 54.9 Å². The molecule has 45 heavy (non-hydrogen) atoms. The molecular weight excluding hydrogens is 600 g/mol. The number of rotatable bonds is 11. The van der Waals surface area contributed by atoms with E-state index in [1.807, 2.05) is 25.1 Å². The Kier molecular flexibility index (Phi) is 9.49. The Balaban J connectivity index is 1.55. The summed E-state index contributed by atoms with van der Waals surface area (Å²) >= 11 is 0. The number of hydrogen-bond acceptors (Lipinski definition) is 7. The van der Waals surface area contributed by atoms with Crippen LogP contribution in [0.3, 0.4) is 0 Å². The number of halogens is 6. The molecule has 0 saturated heterocycles. The number of aryl methyl sites for hydroxylation is 1. The third kappa shape index (κ3) is 8.22. The zero-order valence-electron chi connectivity index (χ0n) is 24.8. The molecule has 14 heteroatoms. The second-order valence-electron chi connectivity index (χ2n) is 11.1. The zero-order chi connectivity index (χ0) is 32.2. The third-order valence-corrected chi connectivity index (χ3v) is 7.69. The monoisotopic (exact) mass is 633 g/mol. The van der Waals surface area contributed by atoms with E-state index in [1.54, 1.807) is 24.4 Å². The fraction of sp³-hybridized carbons (Fsp3) is 0.419. The summed E-state index contributed by atoms with van der Waals surface area (Å²) in [7, 11) is 1.52. The van der Waals surface area contributed by atoms with Gasteiger partial charge in [-0.25, -0.2) is 4.98 Å². The fourth-order valence-electron chi connectivity index (χ4n) is 5.57. The summed E-state index contributed by atoms with van der Waals surface area (Å²) in [6, 6.07) is 12.4. The van der Waals surface area contributed by atoms with Crippen molar-refractivity contribution in [1.82, 2.24) is 25.2 Å². The lowest BCUT2D eigenvalue weighted by atomic mass is 10.0. The number of benzene rings is 2. The van der Waals surface area contributed by atoms with E-state index < -0.39 is 23.5 Å². The van der Waals surface area contributed by atoms with E-state index in [9.17, 15) is 26.3 Å². The molecule has 1 fully saturated rings. The van der Waals surface area contributed by atoms with E-state index in [2.05, 4.69) is 20.3 Å². The second-order valence-corrected chi connectivity index (χ2v) is 11.1. The number of tetrazole rings is 1. The van der Waals surface area contributed by atoms with Gasteiger partial charge in [-0.05, 0) is 72.9 Å². The summed E-state index contributed by atoms with van der Waals surface area (Å²) in [5, 5.41) is 12.1. The first-order valence-electron chi connectivity index (χ1n) is 14.6. The maximum Gasteiger partial charge on any atom is 0.416 e. The molecule has 1 aliphatic carbocycles. The Labute approximate surface area is 256 Å². The number of alkyl halides is 6. The summed E-state index contributed by atoms with van der Waals surface area (Å²) in [6.07, 6.45) is -3.82. The molecule has 8 nitrogen and oxygen atoms in total. The number of nitrogens with zero attached hydrogens (tertiary/aromatic N) is 7. The van der Waals surface area contributed by atoms with Crippen LogP contribution in [0.4, 0.5) is 38.1 Å². The minimum Gasteiger partial charge on any atom is -0.456 e. The zero-order valence-corrected chi connectivity index (χ0v) is 24.8. The summed E-state index contributed by atoms with van der Waals surface area (Å²) in [4.78, 5) is 9.55. The van der Waals surface area contributed by atoms with E-state index in [4.69, 9.17) is 9.72 Å². The highest BCUT2D eigenvalue weighted by Crippen LogP contribution is 2.37. The van der Waals surface area contributed by atoms with E-state index >= 15 is 0 Å². The van der Waals surface area contributed by atoms with Gasteiger partial charge in [-0.3, -0.25) is 0 Å². The first-order valence-corrected chi connectivity index (χ1v) is 14.6. The van der Waals surface area contributed by atoms with Gasteiger partial charge in [-0.15, -0.1) is 5.10 Å². The van der Waals surface area contributed by atoms with Crippen molar-refractivity contribution in [2.75, 3.05) is 22.9 Å². The number of aromatic nitrogens is 5. The predicted molar refractivity (Wildman–Crippen MR) is 156 cm³/mol. The quantitative estimate of drug-likeness (QED) is 0.157. The molecule has 2 heterocycles. The van der Waals surface area contributed by atoms with Crippen LogP contribution in [0.2, 0.25) is 0 Å². The van der Waals surface area contributed by atoms with Crippen molar-refractivity contribution in [3.8, 4) is 11.5 Å². The Morgan fingerprint density at radius 2 is 1.53 bits per heavy atom. The molecule has 0 aliphatic heterocycles. The lowest BCUT2D eigenvalue weighted by molar-refractivity contribution is -0.143. The molecule has 1 saturated carbocycles. The lowest BCUT2D eigenvalue weighted by Crippen LogP contribution is -2.32. The highest BCUT2D eigenvalue weighted by molar-refractivity contribution is 5.52. The Hall–Kier alpha value is -4.36. The van der Waals surface area contributed by atoms with E-state index in [0.29, 0.717) is 47.5 Å². The highest BCUT2D eigenvalue weighted by Gasteiger charge is 2.37. The van der Waals surface area contributed by atoms with E-state index in [1.165, 1.54) is 16.7 Å². The molecular formula is C31H33F6N7O. The smallest absolute Gasteiger partial charge is 0.416 e.